The SMILES string of the molecule is C[C@](N)(C[C@H](O)C(F)(F)F)c1nc(Br)ccc1F. The number of hydrogen-bond acceptors (Lipinski definition) is 3. The molecule has 0 amide bonds. The zero-order valence-corrected chi connectivity index (χ0v) is 10.9. The fraction of sp³-hybridized carbons (Fsp3) is 0.500. The van der Waals surface area contributed by atoms with Crippen LogP contribution in [0.5, 0.6) is 0 Å². The van der Waals surface area contributed by atoms with E-state index in [4.69, 9.17) is 10.8 Å². The van der Waals surface area contributed by atoms with Crippen molar-refractivity contribution >= 4 is 15.9 Å². The second-order valence-corrected chi connectivity index (χ2v) is 4.96. The molecule has 2 atom stereocenters. The fourth-order valence-corrected chi connectivity index (χ4v) is 1.74. The number of rotatable bonds is 3. The summed E-state index contributed by atoms with van der Waals surface area (Å²) in [5.74, 6) is -0.822. The third-order valence-corrected chi connectivity index (χ3v) is 2.79. The standard InChI is InChI=1S/C10H11BrF4N2O/c1-9(16,4-6(18)10(13,14)15)8-5(12)2-3-7(11)17-8/h2-3,6,18H,4,16H2,1H3/t6-,9-/m0/s1. The average Bonchev–Trinajstić information content (AvgIpc) is 2.19. The van der Waals surface area contributed by atoms with Crippen molar-refractivity contribution in [3.8, 4) is 0 Å². The molecule has 0 aliphatic carbocycles. The molecule has 0 unspecified atom stereocenters. The summed E-state index contributed by atoms with van der Waals surface area (Å²) in [5.41, 5.74) is 3.56. The normalized spacial score (nSPS) is 17.3. The molecule has 18 heavy (non-hydrogen) atoms. The lowest BCUT2D eigenvalue weighted by Gasteiger charge is -2.28. The van der Waals surface area contributed by atoms with Crippen molar-refractivity contribution in [1.29, 1.82) is 0 Å². The third kappa shape index (κ3) is 3.63. The summed E-state index contributed by atoms with van der Waals surface area (Å²) in [5, 5.41) is 8.98. The zero-order chi connectivity index (χ0) is 14.1. The molecular weight excluding hydrogens is 320 g/mol. The van der Waals surface area contributed by atoms with Crippen molar-refractivity contribution in [1.82, 2.24) is 4.98 Å². The van der Waals surface area contributed by atoms with E-state index in [1.807, 2.05) is 0 Å². The van der Waals surface area contributed by atoms with Crippen LogP contribution in [0.1, 0.15) is 19.0 Å². The molecule has 0 spiro atoms. The van der Waals surface area contributed by atoms with Gasteiger partial charge in [0.2, 0.25) is 0 Å². The number of nitrogens with two attached hydrogens (primary N) is 1. The van der Waals surface area contributed by atoms with Gasteiger partial charge in [0.25, 0.3) is 0 Å². The van der Waals surface area contributed by atoms with E-state index in [-0.39, 0.29) is 10.3 Å². The molecule has 1 aromatic rings. The summed E-state index contributed by atoms with van der Waals surface area (Å²) in [6.45, 7) is 1.18. The highest BCUT2D eigenvalue weighted by atomic mass is 79.9. The van der Waals surface area contributed by atoms with Crippen molar-refractivity contribution in [3.05, 3.63) is 28.2 Å². The number of aliphatic hydroxyl groups excluding tert-OH is 1. The van der Waals surface area contributed by atoms with Crippen LogP contribution in [0.15, 0.2) is 16.7 Å². The Bertz CT molecular complexity index is 436. The Morgan fingerprint density at radius 3 is 2.50 bits per heavy atom. The number of aromatic nitrogens is 1. The quantitative estimate of drug-likeness (QED) is 0.661. The van der Waals surface area contributed by atoms with Crippen molar-refractivity contribution in [2.24, 2.45) is 5.73 Å². The molecule has 0 radical (unpaired) electrons. The van der Waals surface area contributed by atoms with Gasteiger partial charge in [-0.25, -0.2) is 9.37 Å². The van der Waals surface area contributed by atoms with Gasteiger partial charge in [-0.2, -0.15) is 13.2 Å². The highest BCUT2D eigenvalue weighted by Crippen LogP contribution is 2.31. The van der Waals surface area contributed by atoms with E-state index in [1.54, 1.807) is 0 Å². The van der Waals surface area contributed by atoms with Gasteiger partial charge in [-0.15, -0.1) is 0 Å². The molecule has 0 bridgehead atoms. The molecule has 0 fully saturated rings. The molecule has 0 aliphatic rings. The first-order chi connectivity index (χ1) is 8.04. The van der Waals surface area contributed by atoms with Crippen LogP contribution < -0.4 is 5.73 Å². The Morgan fingerprint density at radius 1 is 1.44 bits per heavy atom. The summed E-state index contributed by atoms with van der Waals surface area (Å²) in [7, 11) is 0. The van der Waals surface area contributed by atoms with Crippen LogP contribution in [-0.2, 0) is 5.54 Å². The Labute approximate surface area is 109 Å². The van der Waals surface area contributed by atoms with Gasteiger partial charge in [0.05, 0.1) is 11.2 Å². The summed E-state index contributed by atoms with van der Waals surface area (Å²) in [6.07, 6.45) is -8.31. The van der Waals surface area contributed by atoms with Crippen molar-refractivity contribution in [2.45, 2.75) is 31.2 Å². The highest BCUT2D eigenvalue weighted by Gasteiger charge is 2.43. The van der Waals surface area contributed by atoms with E-state index < -0.39 is 30.1 Å². The summed E-state index contributed by atoms with van der Waals surface area (Å²) in [6, 6.07) is 2.34. The van der Waals surface area contributed by atoms with Crippen LogP contribution in [0.3, 0.4) is 0 Å². The van der Waals surface area contributed by atoms with Gasteiger partial charge in [0, 0.05) is 6.42 Å². The molecule has 1 heterocycles. The maximum atomic E-state index is 13.5. The van der Waals surface area contributed by atoms with Gasteiger partial charge in [-0.3, -0.25) is 0 Å². The minimum absolute atomic E-state index is 0.247. The average molecular weight is 331 g/mol. The molecule has 1 rings (SSSR count). The van der Waals surface area contributed by atoms with E-state index in [0.29, 0.717) is 0 Å². The van der Waals surface area contributed by atoms with Crippen molar-refractivity contribution in [2.75, 3.05) is 0 Å². The molecule has 3 N–H and O–H groups in total. The largest absolute Gasteiger partial charge is 0.414 e. The number of alkyl halides is 3. The Balaban J connectivity index is 3.02. The van der Waals surface area contributed by atoms with Crippen LogP contribution in [0.4, 0.5) is 17.6 Å². The van der Waals surface area contributed by atoms with Crippen molar-refractivity contribution in [3.63, 3.8) is 0 Å². The minimum Gasteiger partial charge on any atom is -0.384 e. The second-order valence-electron chi connectivity index (χ2n) is 4.14. The highest BCUT2D eigenvalue weighted by molar-refractivity contribution is 9.10. The number of halogens is 5. The van der Waals surface area contributed by atoms with Crippen LogP contribution in [0.2, 0.25) is 0 Å². The van der Waals surface area contributed by atoms with Gasteiger partial charge in [0.15, 0.2) is 6.10 Å². The molecule has 0 aliphatic heterocycles. The van der Waals surface area contributed by atoms with Crippen LogP contribution in [0, 0.1) is 5.82 Å². The first-order valence-corrected chi connectivity index (χ1v) is 5.69. The first kappa shape index (κ1) is 15.3. The van der Waals surface area contributed by atoms with Gasteiger partial charge >= 0.3 is 6.18 Å². The van der Waals surface area contributed by atoms with E-state index >= 15 is 0 Å². The predicted molar refractivity (Wildman–Crippen MR) is 60.1 cm³/mol. The summed E-state index contributed by atoms with van der Waals surface area (Å²) in [4.78, 5) is 3.72. The lowest BCUT2D eigenvalue weighted by Crippen LogP contribution is -2.43. The number of aliphatic hydroxyl groups is 1. The van der Waals surface area contributed by atoms with E-state index in [9.17, 15) is 17.6 Å². The van der Waals surface area contributed by atoms with Gasteiger partial charge in [0.1, 0.15) is 10.4 Å². The Hall–Kier alpha value is -0.730. The molecule has 8 heteroatoms. The lowest BCUT2D eigenvalue weighted by atomic mass is 9.90. The molecule has 0 saturated carbocycles. The monoisotopic (exact) mass is 330 g/mol. The van der Waals surface area contributed by atoms with Crippen molar-refractivity contribution < 1.29 is 22.7 Å². The fourth-order valence-electron chi connectivity index (χ4n) is 1.43. The Kier molecular flexibility index (Phi) is 4.34. The molecule has 3 nitrogen and oxygen atoms in total. The van der Waals surface area contributed by atoms with E-state index in [2.05, 4.69) is 20.9 Å². The molecule has 0 saturated heterocycles. The van der Waals surface area contributed by atoms with Gasteiger partial charge in [-0.1, -0.05) is 0 Å². The number of pyridine rings is 1. The maximum absolute atomic E-state index is 13.5. The Morgan fingerprint density at radius 2 is 2.00 bits per heavy atom. The number of hydrogen-bond donors (Lipinski definition) is 2. The van der Waals surface area contributed by atoms with Gasteiger partial charge < -0.3 is 10.8 Å². The molecule has 102 valence electrons. The second kappa shape index (κ2) is 5.10. The summed E-state index contributed by atoms with van der Waals surface area (Å²) < 4.78 is 50.5. The van der Waals surface area contributed by atoms with Gasteiger partial charge in [-0.05, 0) is 35.0 Å². The van der Waals surface area contributed by atoms with Crippen LogP contribution in [0.25, 0.3) is 0 Å². The topological polar surface area (TPSA) is 59.1 Å². The maximum Gasteiger partial charge on any atom is 0.414 e. The first-order valence-electron chi connectivity index (χ1n) is 4.90. The number of nitrogens with zero attached hydrogens (tertiary/aromatic N) is 1. The zero-order valence-electron chi connectivity index (χ0n) is 9.30. The molecule has 0 aromatic carbocycles. The summed E-state index contributed by atoms with van der Waals surface area (Å²) >= 11 is 2.98. The van der Waals surface area contributed by atoms with E-state index in [0.717, 1.165) is 6.07 Å². The smallest absolute Gasteiger partial charge is 0.384 e. The van der Waals surface area contributed by atoms with Crippen LogP contribution in [-0.4, -0.2) is 22.4 Å². The third-order valence-electron chi connectivity index (χ3n) is 2.35. The van der Waals surface area contributed by atoms with Crippen LogP contribution >= 0.6 is 15.9 Å². The molecular formula is C10H11BrF4N2O. The predicted octanol–water partition coefficient (Wildman–Crippen LogP) is 2.47. The van der Waals surface area contributed by atoms with E-state index in [1.165, 1.54) is 13.0 Å². The lowest BCUT2D eigenvalue weighted by molar-refractivity contribution is -0.209. The minimum atomic E-state index is -4.80. The molecule has 1 aromatic heterocycles.